The van der Waals surface area contributed by atoms with Crippen LogP contribution in [0.4, 0.5) is 0 Å². The Labute approximate surface area is 165 Å². The van der Waals surface area contributed by atoms with E-state index < -0.39 is 0 Å². The summed E-state index contributed by atoms with van der Waals surface area (Å²) in [5.41, 5.74) is 4.08. The van der Waals surface area contributed by atoms with Crippen LogP contribution in [0.5, 0.6) is 0 Å². The van der Waals surface area contributed by atoms with Gasteiger partial charge in [0.2, 0.25) is 0 Å². The van der Waals surface area contributed by atoms with Gasteiger partial charge in [0.05, 0.1) is 15.7 Å². The summed E-state index contributed by atoms with van der Waals surface area (Å²) in [7, 11) is 0. The minimum Gasteiger partial charge on any atom is -0.308 e. The molecule has 0 bridgehead atoms. The van der Waals surface area contributed by atoms with E-state index in [1.165, 1.54) is 36.5 Å². The topological polar surface area (TPSA) is 22.0 Å². The van der Waals surface area contributed by atoms with Crippen LogP contribution in [0.25, 0.3) is 47.7 Å². The van der Waals surface area contributed by atoms with Gasteiger partial charge in [-0.05, 0) is 24.3 Å². The molecule has 6 aromatic rings. The van der Waals surface area contributed by atoms with Gasteiger partial charge in [-0.25, -0.2) is 0 Å². The van der Waals surface area contributed by atoms with Gasteiger partial charge in [0.1, 0.15) is 6.29 Å². The molecular formula is C25H15NOS. The lowest BCUT2D eigenvalue weighted by molar-refractivity contribution is 0.112. The van der Waals surface area contributed by atoms with Crippen LogP contribution in [-0.4, -0.2) is 10.9 Å². The average molecular weight is 377 g/mol. The molecule has 6 rings (SSSR count). The Balaban J connectivity index is 1.90. The van der Waals surface area contributed by atoms with Crippen molar-refractivity contribution >= 4 is 59.6 Å². The maximum atomic E-state index is 11.4. The zero-order valence-corrected chi connectivity index (χ0v) is 15.7. The quantitative estimate of drug-likeness (QED) is 0.299. The van der Waals surface area contributed by atoms with E-state index in [4.69, 9.17) is 0 Å². The smallest absolute Gasteiger partial charge is 0.150 e. The lowest BCUT2D eigenvalue weighted by Gasteiger charge is -2.08. The molecule has 0 spiro atoms. The van der Waals surface area contributed by atoms with Crippen molar-refractivity contribution in [1.82, 2.24) is 4.57 Å². The van der Waals surface area contributed by atoms with Gasteiger partial charge in [0, 0.05) is 37.5 Å². The zero-order chi connectivity index (χ0) is 18.7. The SMILES string of the molecule is O=Cc1ccc2c3ccc4c5ccccc5sc4c3n(-c3ccccc3)c2c1. The van der Waals surface area contributed by atoms with Gasteiger partial charge >= 0.3 is 0 Å². The Morgan fingerprint density at radius 2 is 1.46 bits per heavy atom. The maximum Gasteiger partial charge on any atom is 0.150 e. The van der Waals surface area contributed by atoms with Crippen molar-refractivity contribution in [3.8, 4) is 5.69 Å². The number of benzene rings is 4. The Morgan fingerprint density at radius 3 is 2.32 bits per heavy atom. The first-order valence-electron chi connectivity index (χ1n) is 9.24. The Hall–Kier alpha value is -3.43. The van der Waals surface area contributed by atoms with Crippen LogP contribution in [0.15, 0.2) is 84.9 Å². The minimum atomic E-state index is 0.695. The van der Waals surface area contributed by atoms with Gasteiger partial charge in [-0.1, -0.05) is 60.7 Å². The molecule has 2 heterocycles. The second kappa shape index (κ2) is 5.78. The molecule has 4 aromatic carbocycles. The van der Waals surface area contributed by atoms with Crippen molar-refractivity contribution in [1.29, 1.82) is 0 Å². The Bertz CT molecular complexity index is 1520. The summed E-state index contributed by atoms with van der Waals surface area (Å²) in [6, 6.07) is 29.4. The molecule has 0 atom stereocenters. The van der Waals surface area contributed by atoms with Crippen molar-refractivity contribution in [3.63, 3.8) is 0 Å². The minimum absolute atomic E-state index is 0.695. The van der Waals surface area contributed by atoms with Gasteiger partial charge in [-0.2, -0.15) is 0 Å². The average Bonchev–Trinajstić information content (AvgIpc) is 3.29. The van der Waals surface area contributed by atoms with Crippen LogP contribution in [0.3, 0.4) is 0 Å². The fourth-order valence-electron chi connectivity index (χ4n) is 4.21. The van der Waals surface area contributed by atoms with Crippen LogP contribution >= 0.6 is 11.3 Å². The highest BCUT2D eigenvalue weighted by Gasteiger charge is 2.17. The number of hydrogen-bond acceptors (Lipinski definition) is 2. The molecule has 0 aliphatic rings. The van der Waals surface area contributed by atoms with E-state index in [0.717, 1.165) is 17.5 Å². The highest BCUT2D eigenvalue weighted by atomic mass is 32.1. The van der Waals surface area contributed by atoms with E-state index in [-0.39, 0.29) is 0 Å². The molecule has 0 radical (unpaired) electrons. The molecule has 0 aliphatic heterocycles. The normalized spacial score (nSPS) is 11.7. The van der Waals surface area contributed by atoms with E-state index in [9.17, 15) is 4.79 Å². The summed E-state index contributed by atoms with van der Waals surface area (Å²) in [5, 5.41) is 4.96. The second-order valence-electron chi connectivity index (χ2n) is 7.00. The number of nitrogens with zero attached hydrogens (tertiary/aromatic N) is 1. The van der Waals surface area contributed by atoms with Crippen molar-refractivity contribution in [2.24, 2.45) is 0 Å². The number of thiophene rings is 1. The van der Waals surface area contributed by atoms with Gasteiger partial charge in [0.25, 0.3) is 0 Å². The van der Waals surface area contributed by atoms with Gasteiger partial charge < -0.3 is 4.57 Å². The van der Waals surface area contributed by atoms with Gasteiger partial charge in [0.15, 0.2) is 0 Å². The van der Waals surface area contributed by atoms with Crippen LogP contribution in [0.2, 0.25) is 0 Å². The van der Waals surface area contributed by atoms with E-state index in [0.29, 0.717) is 5.56 Å². The van der Waals surface area contributed by atoms with Crippen LogP contribution in [0.1, 0.15) is 10.4 Å². The molecule has 28 heavy (non-hydrogen) atoms. The predicted molar refractivity (Wildman–Crippen MR) is 119 cm³/mol. The van der Waals surface area contributed by atoms with Crippen molar-refractivity contribution in [2.75, 3.05) is 0 Å². The zero-order valence-electron chi connectivity index (χ0n) is 14.9. The number of rotatable bonds is 2. The van der Waals surface area contributed by atoms with E-state index in [2.05, 4.69) is 71.3 Å². The third-order valence-corrected chi connectivity index (χ3v) is 6.64. The first-order valence-corrected chi connectivity index (χ1v) is 10.1. The first-order chi connectivity index (χ1) is 13.8. The highest BCUT2D eigenvalue weighted by Crippen LogP contribution is 2.42. The number of carbonyl (C=O) groups excluding carboxylic acids is 1. The van der Waals surface area contributed by atoms with E-state index in [1.54, 1.807) is 0 Å². The molecule has 0 saturated carbocycles. The summed E-state index contributed by atoms with van der Waals surface area (Å²) in [5.74, 6) is 0. The third-order valence-electron chi connectivity index (χ3n) is 5.45. The number of para-hydroxylation sites is 1. The van der Waals surface area contributed by atoms with Crippen LogP contribution in [-0.2, 0) is 0 Å². The summed E-state index contributed by atoms with van der Waals surface area (Å²) in [6.45, 7) is 0. The summed E-state index contributed by atoms with van der Waals surface area (Å²) < 4.78 is 4.88. The summed E-state index contributed by atoms with van der Waals surface area (Å²) in [4.78, 5) is 11.4. The molecule has 132 valence electrons. The number of fused-ring (bicyclic) bond motifs is 7. The van der Waals surface area contributed by atoms with Crippen molar-refractivity contribution in [3.05, 3.63) is 90.5 Å². The lowest BCUT2D eigenvalue weighted by atomic mass is 10.1. The highest BCUT2D eigenvalue weighted by molar-refractivity contribution is 7.26. The fraction of sp³-hybridized carbons (Fsp3) is 0. The second-order valence-corrected chi connectivity index (χ2v) is 8.05. The number of aromatic nitrogens is 1. The van der Waals surface area contributed by atoms with Crippen LogP contribution < -0.4 is 0 Å². The Kier molecular flexibility index (Phi) is 3.22. The molecule has 2 aromatic heterocycles. The fourth-order valence-corrected chi connectivity index (χ4v) is 5.45. The number of carbonyl (C=O) groups is 1. The molecule has 0 aliphatic carbocycles. The number of aldehydes is 1. The summed E-state index contributed by atoms with van der Waals surface area (Å²) in [6.07, 6.45) is 0.918. The van der Waals surface area contributed by atoms with Crippen molar-refractivity contribution in [2.45, 2.75) is 0 Å². The molecule has 0 N–H and O–H groups in total. The molecular weight excluding hydrogens is 362 g/mol. The molecule has 3 heteroatoms. The lowest BCUT2D eigenvalue weighted by Crippen LogP contribution is -1.94. The number of hydrogen-bond donors (Lipinski definition) is 0. The van der Waals surface area contributed by atoms with Gasteiger partial charge in [-0.15, -0.1) is 11.3 Å². The Morgan fingerprint density at radius 1 is 0.714 bits per heavy atom. The monoisotopic (exact) mass is 377 g/mol. The predicted octanol–water partition coefficient (Wildman–Crippen LogP) is 6.96. The van der Waals surface area contributed by atoms with E-state index >= 15 is 0 Å². The molecule has 0 fully saturated rings. The third kappa shape index (κ3) is 2.05. The molecule has 0 saturated heterocycles. The van der Waals surface area contributed by atoms with Crippen LogP contribution in [0, 0.1) is 0 Å². The standard InChI is InChI=1S/C25H15NOS/c27-15-16-10-11-18-20-12-13-21-19-8-4-5-9-23(19)28-25(21)24(20)26(22(18)14-16)17-6-2-1-3-7-17/h1-15H. The molecule has 0 unspecified atom stereocenters. The first kappa shape index (κ1) is 15.6. The maximum absolute atomic E-state index is 11.4. The molecule has 2 nitrogen and oxygen atoms in total. The summed E-state index contributed by atoms with van der Waals surface area (Å²) >= 11 is 1.83. The van der Waals surface area contributed by atoms with E-state index in [1.807, 2.05) is 29.5 Å². The largest absolute Gasteiger partial charge is 0.308 e. The van der Waals surface area contributed by atoms with Gasteiger partial charge in [-0.3, -0.25) is 4.79 Å². The van der Waals surface area contributed by atoms with Crippen molar-refractivity contribution < 1.29 is 4.79 Å². The molecule has 0 amide bonds.